The SMILES string of the molecule is CCC(C)(C)N(C)c1nc(N)nc2sccc12. The predicted octanol–water partition coefficient (Wildman–Crippen LogP) is 2.90. The zero-order valence-corrected chi connectivity index (χ0v) is 11.5. The van der Waals surface area contributed by atoms with Crippen LogP contribution in [0.3, 0.4) is 0 Å². The molecule has 0 spiro atoms. The molecule has 0 amide bonds. The van der Waals surface area contributed by atoms with Crippen molar-refractivity contribution in [2.45, 2.75) is 32.7 Å². The van der Waals surface area contributed by atoms with E-state index < -0.39 is 0 Å². The van der Waals surface area contributed by atoms with Crippen molar-refractivity contribution in [1.29, 1.82) is 0 Å². The van der Waals surface area contributed by atoms with Crippen LogP contribution in [0.15, 0.2) is 11.4 Å². The van der Waals surface area contributed by atoms with Crippen molar-refractivity contribution in [3.05, 3.63) is 11.4 Å². The Balaban J connectivity index is 2.58. The average molecular weight is 250 g/mol. The summed E-state index contributed by atoms with van der Waals surface area (Å²) in [4.78, 5) is 11.8. The molecule has 0 unspecified atom stereocenters. The normalized spacial score (nSPS) is 12.0. The minimum absolute atomic E-state index is 0.0513. The largest absolute Gasteiger partial charge is 0.368 e. The zero-order chi connectivity index (χ0) is 12.6. The highest BCUT2D eigenvalue weighted by Crippen LogP contribution is 2.32. The third-order valence-corrected chi connectivity index (χ3v) is 4.22. The van der Waals surface area contributed by atoms with Crippen molar-refractivity contribution >= 4 is 33.3 Å². The first-order valence-corrected chi connectivity index (χ1v) is 6.58. The Labute approximate surface area is 105 Å². The molecule has 0 fully saturated rings. The molecule has 2 rings (SSSR count). The van der Waals surface area contributed by atoms with E-state index in [0.717, 1.165) is 22.5 Å². The van der Waals surface area contributed by atoms with Gasteiger partial charge in [0.05, 0.1) is 5.39 Å². The summed E-state index contributed by atoms with van der Waals surface area (Å²) in [6, 6.07) is 2.05. The first-order chi connectivity index (χ1) is 7.95. The van der Waals surface area contributed by atoms with Gasteiger partial charge < -0.3 is 10.6 Å². The lowest BCUT2D eigenvalue weighted by Crippen LogP contribution is -2.41. The van der Waals surface area contributed by atoms with Crippen LogP contribution >= 0.6 is 11.3 Å². The maximum absolute atomic E-state index is 5.76. The van der Waals surface area contributed by atoms with Crippen LogP contribution in [0.5, 0.6) is 0 Å². The van der Waals surface area contributed by atoms with E-state index in [1.165, 1.54) is 0 Å². The second-order valence-corrected chi connectivity index (χ2v) is 5.66. The number of thiophene rings is 1. The van der Waals surface area contributed by atoms with Gasteiger partial charge in [-0.05, 0) is 31.7 Å². The predicted molar refractivity (Wildman–Crippen MR) is 74.6 cm³/mol. The average Bonchev–Trinajstić information content (AvgIpc) is 2.74. The van der Waals surface area contributed by atoms with Crippen molar-refractivity contribution in [1.82, 2.24) is 9.97 Å². The van der Waals surface area contributed by atoms with Gasteiger partial charge in [0.15, 0.2) is 0 Å². The maximum atomic E-state index is 5.76. The fourth-order valence-electron chi connectivity index (χ4n) is 1.64. The summed E-state index contributed by atoms with van der Waals surface area (Å²) in [5.41, 5.74) is 5.82. The molecule has 0 saturated carbocycles. The van der Waals surface area contributed by atoms with Gasteiger partial charge in [0.1, 0.15) is 10.6 Å². The Kier molecular flexibility index (Phi) is 2.95. The van der Waals surface area contributed by atoms with Crippen molar-refractivity contribution in [3.8, 4) is 0 Å². The fourth-order valence-corrected chi connectivity index (χ4v) is 2.40. The summed E-state index contributed by atoms with van der Waals surface area (Å²) >= 11 is 1.59. The van der Waals surface area contributed by atoms with E-state index in [1.807, 2.05) is 5.38 Å². The summed E-state index contributed by atoms with van der Waals surface area (Å²) in [6.45, 7) is 6.57. The van der Waals surface area contributed by atoms with E-state index in [0.29, 0.717) is 5.95 Å². The minimum atomic E-state index is 0.0513. The fraction of sp³-hybridized carbons (Fsp3) is 0.500. The molecule has 0 aliphatic rings. The molecule has 2 aromatic rings. The van der Waals surface area contributed by atoms with Crippen LogP contribution in [-0.2, 0) is 0 Å². The second kappa shape index (κ2) is 4.14. The van der Waals surface area contributed by atoms with Gasteiger partial charge in [-0.25, -0.2) is 4.98 Å². The molecule has 0 atom stereocenters. The highest BCUT2D eigenvalue weighted by molar-refractivity contribution is 7.16. The number of fused-ring (bicyclic) bond motifs is 1. The van der Waals surface area contributed by atoms with Gasteiger partial charge in [0, 0.05) is 12.6 Å². The van der Waals surface area contributed by atoms with E-state index in [2.05, 4.69) is 48.8 Å². The van der Waals surface area contributed by atoms with Gasteiger partial charge in [-0.3, -0.25) is 0 Å². The first kappa shape index (κ1) is 12.1. The monoisotopic (exact) mass is 250 g/mol. The van der Waals surface area contributed by atoms with E-state index in [-0.39, 0.29) is 5.54 Å². The van der Waals surface area contributed by atoms with Crippen LogP contribution in [0.25, 0.3) is 10.2 Å². The lowest BCUT2D eigenvalue weighted by atomic mass is 10.00. The number of nitrogens with zero attached hydrogens (tertiary/aromatic N) is 3. The Morgan fingerprint density at radius 2 is 2.12 bits per heavy atom. The van der Waals surface area contributed by atoms with Gasteiger partial charge in [0.2, 0.25) is 5.95 Å². The molecule has 0 radical (unpaired) electrons. The van der Waals surface area contributed by atoms with Gasteiger partial charge in [-0.15, -0.1) is 11.3 Å². The van der Waals surface area contributed by atoms with Gasteiger partial charge in [0.25, 0.3) is 0 Å². The van der Waals surface area contributed by atoms with Crippen molar-refractivity contribution in [3.63, 3.8) is 0 Å². The molecule has 0 aliphatic carbocycles. The summed E-state index contributed by atoms with van der Waals surface area (Å²) in [7, 11) is 2.06. The van der Waals surface area contributed by atoms with E-state index in [9.17, 15) is 0 Å². The molecule has 0 aliphatic heterocycles. The maximum Gasteiger partial charge on any atom is 0.223 e. The van der Waals surface area contributed by atoms with Crippen LogP contribution in [-0.4, -0.2) is 22.6 Å². The Bertz CT molecular complexity index is 532. The zero-order valence-electron chi connectivity index (χ0n) is 10.7. The molecule has 92 valence electrons. The number of hydrogen-bond donors (Lipinski definition) is 1. The Hall–Kier alpha value is -1.36. The van der Waals surface area contributed by atoms with Crippen molar-refractivity contribution < 1.29 is 0 Å². The van der Waals surface area contributed by atoms with Crippen LogP contribution in [0.2, 0.25) is 0 Å². The number of anilines is 2. The van der Waals surface area contributed by atoms with Crippen molar-refractivity contribution in [2.75, 3.05) is 17.7 Å². The molecule has 2 aromatic heterocycles. The molecular formula is C12H18N4S. The minimum Gasteiger partial charge on any atom is -0.368 e. The molecule has 2 heterocycles. The van der Waals surface area contributed by atoms with E-state index >= 15 is 0 Å². The number of nitrogen functional groups attached to an aromatic ring is 1. The number of rotatable bonds is 3. The molecule has 2 N–H and O–H groups in total. The summed E-state index contributed by atoms with van der Waals surface area (Å²) in [6.07, 6.45) is 1.04. The lowest BCUT2D eigenvalue weighted by Gasteiger charge is -2.36. The highest BCUT2D eigenvalue weighted by Gasteiger charge is 2.24. The summed E-state index contributed by atoms with van der Waals surface area (Å²) in [5, 5.41) is 3.10. The van der Waals surface area contributed by atoms with Crippen LogP contribution < -0.4 is 10.6 Å². The second-order valence-electron chi connectivity index (χ2n) is 4.77. The summed E-state index contributed by atoms with van der Waals surface area (Å²) < 4.78 is 0. The van der Waals surface area contributed by atoms with Crippen molar-refractivity contribution in [2.24, 2.45) is 0 Å². The standard InChI is InChI=1S/C12H18N4S/c1-5-12(2,3)16(4)9-8-6-7-17-10(8)15-11(13)14-9/h6-7H,5H2,1-4H3,(H2,13,14,15). The first-order valence-electron chi connectivity index (χ1n) is 5.70. The number of aromatic nitrogens is 2. The number of hydrogen-bond acceptors (Lipinski definition) is 5. The van der Waals surface area contributed by atoms with Gasteiger partial charge in [-0.2, -0.15) is 4.98 Å². The third-order valence-electron chi connectivity index (χ3n) is 3.41. The van der Waals surface area contributed by atoms with Crippen LogP contribution in [0.4, 0.5) is 11.8 Å². The molecule has 0 bridgehead atoms. The third kappa shape index (κ3) is 2.07. The molecule has 0 aromatic carbocycles. The smallest absolute Gasteiger partial charge is 0.223 e. The molecule has 5 heteroatoms. The highest BCUT2D eigenvalue weighted by atomic mass is 32.1. The molecule has 4 nitrogen and oxygen atoms in total. The van der Waals surface area contributed by atoms with Gasteiger partial charge in [-0.1, -0.05) is 6.92 Å². The summed E-state index contributed by atoms with van der Waals surface area (Å²) in [5.74, 6) is 1.26. The molecular weight excluding hydrogens is 232 g/mol. The Morgan fingerprint density at radius 1 is 1.41 bits per heavy atom. The van der Waals surface area contributed by atoms with Gasteiger partial charge >= 0.3 is 0 Å². The number of nitrogens with two attached hydrogens (primary N) is 1. The van der Waals surface area contributed by atoms with E-state index in [4.69, 9.17) is 5.73 Å². The Morgan fingerprint density at radius 3 is 2.76 bits per heavy atom. The molecule has 0 saturated heterocycles. The topological polar surface area (TPSA) is 55.0 Å². The molecule has 17 heavy (non-hydrogen) atoms. The lowest BCUT2D eigenvalue weighted by molar-refractivity contribution is 0.468. The van der Waals surface area contributed by atoms with Crippen LogP contribution in [0, 0.1) is 0 Å². The van der Waals surface area contributed by atoms with E-state index in [1.54, 1.807) is 11.3 Å². The van der Waals surface area contributed by atoms with Crippen LogP contribution in [0.1, 0.15) is 27.2 Å². The quantitative estimate of drug-likeness (QED) is 0.910.